The third-order valence-electron chi connectivity index (χ3n) is 19.4. The van der Waals surface area contributed by atoms with Crippen LogP contribution in [0.25, 0.3) is 20.4 Å². The number of ether oxygens (including phenoxy) is 2. The van der Waals surface area contributed by atoms with Crippen LogP contribution in [0.3, 0.4) is 0 Å². The zero-order valence-corrected chi connectivity index (χ0v) is 64.7. The molecule has 0 spiro atoms. The summed E-state index contributed by atoms with van der Waals surface area (Å²) in [5, 5.41) is 55.7. The van der Waals surface area contributed by atoms with Gasteiger partial charge in [-0.3, -0.25) is 44.3 Å². The Bertz CT molecular complexity index is 6600. The second kappa shape index (κ2) is 32.8. The van der Waals surface area contributed by atoms with Gasteiger partial charge in [0.05, 0.1) is 115 Å². The molecule has 0 atom stereocenters. The molecule has 1 fully saturated rings. The van der Waals surface area contributed by atoms with Crippen molar-refractivity contribution in [3.8, 4) is 0 Å². The number of halogens is 12. The van der Waals surface area contributed by atoms with Gasteiger partial charge in [0, 0.05) is 37.0 Å². The Hall–Kier alpha value is -15.5. The van der Waals surface area contributed by atoms with Crippen molar-refractivity contribution in [3.63, 3.8) is 0 Å². The fourth-order valence-corrected chi connectivity index (χ4v) is 14.8. The van der Waals surface area contributed by atoms with E-state index < -0.39 is 154 Å². The van der Waals surface area contributed by atoms with Gasteiger partial charge in [-0.05, 0) is 180 Å². The Morgan fingerprint density at radius 3 is 1.11 bits per heavy atom. The highest BCUT2D eigenvalue weighted by atomic mass is 32.1. The van der Waals surface area contributed by atoms with Crippen LogP contribution in [0.4, 0.5) is 126 Å². The first kappa shape index (κ1) is 85.9. The van der Waals surface area contributed by atoms with Gasteiger partial charge in [-0.15, -0.1) is 25.6 Å². The summed E-state index contributed by atoms with van der Waals surface area (Å²) < 4.78 is 185. The number of amides is 4. The molecule has 4 N–H and O–H groups in total. The topological polar surface area (TPSA) is 424 Å². The number of benzene rings is 10. The molecule has 0 bridgehead atoms. The van der Waals surface area contributed by atoms with Gasteiger partial charge in [0.25, 0.3) is 35.0 Å². The number of nitro benzene ring substituents is 2. The smallest absolute Gasteiger partial charge is 0.399 e. The molecule has 0 unspecified atom stereocenters. The van der Waals surface area contributed by atoms with E-state index in [4.69, 9.17) is 11.5 Å². The number of alkyl halides is 12. The van der Waals surface area contributed by atoms with E-state index in [1.54, 1.807) is 79.7 Å². The van der Waals surface area contributed by atoms with Crippen LogP contribution in [-0.2, 0) is 20.3 Å². The highest BCUT2D eigenvalue weighted by Gasteiger charge is 2.74. The van der Waals surface area contributed by atoms with Crippen LogP contribution in [0.2, 0.25) is 0 Å². The van der Waals surface area contributed by atoms with Crippen molar-refractivity contribution in [2.45, 2.75) is 61.7 Å². The summed E-state index contributed by atoms with van der Waals surface area (Å²) in [6, 6.07) is 36.9. The number of nitrogens with two attached hydrogens (primary N) is 2. The number of non-ortho nitro benzene ring substituents is 2. The van der Waals surface area contributed by atoms with Crippen molar-refractivity contribution in [3.05, 3.63) is 287 Å². The number of nitrogen functional groups attached to an aromatic ring is 2. The van der Waals surface area contributed by atoms with E-state index >= 15 is 26.3 Å². The number of hydrogen-bond donors (Lipinski definition) is 2. The van der Waals surface area contributed by atoms with Crippen LogP contribution in [-0.4, -0.2) is 104 Å². The number of aromatic nitrogens is 2. The molecule has 30 nitrogen and oxygen atoms in total. The third kappa shape index (κ3) is 16.5. The minimum atomic E-state index is -6.10. The molecule has 2 aromatic heterocycles. The lowest BCUT2D eigenvalue weighted by molar-refractivity contribution is -0.384. The first-order chi connectivity index (χ1) is 59.1. The number of hydrogen-bond acceptors (Lipinski definition) is 28. The average Bonchev–Trinajstić information content (AvgIpc) is 1.68. The van der Waals surface area contributed by atoms with Gasteiger partial charge < -0.3 is 20.9 Å². The number of rotatable bonds is 15. The summed E-state index contributed by atoms with van der Waals surface area (Å²) in [7, 11) is 1.03. The molecular formula is C81H48F12N16O14S2. The van der Waals surface area contributed by atoms with E-state index in [-0.39, 0.29) is 39.9 Å². The minimum Gasteiger partial charge on any atom is -0.399 e. The highest BCUT2D eigenvalue weighted by Crippen LogP contribution is 2.59. The first-order valence-corrected chi connectivity index (χ1v) is 37.5. The number of fused-ring (bicyclic) bond motifs is 6. The number of esters is 4. The normalized spacial score (nSPS) is 14.5. The van der Waals surface area contributed by atoms with Gasteiger partial charge in [-0.1, -0.05) is 66.2 Å². The fourth-order valence-electron chi connectivity index (χ4n) is 13.2. The van der Waals surface area contributed by atoms with E-state index in [2.05, 4.69) is 60.4 Å². The zero-order chi connectivity index (χ0) is 89.9. The Labute approximate surface area is 698 Å². The quantitative estimate of drug-likeness (QED) is 0.0141. The summed E-state index contributed by atoms with van der Waals surface area (Å²) in [5.41, 5.74) is -3.07. The number of thiazole rings is 2. The standard InChI is InChI=1S/C40H22F6N8O6S.C19H6F6O6.C19H14N8O2S.C3H6/c1-19-15-24(9-13-30(19)50-48-22-5-7-23(8-6-22)49-51-37-47-31-14-10-25(54(59)60)18-32(31)61-37)53-35(57)27-12-4-21(17-29(27)36(53)58)38(39(41,42)43,40(44,45)46)20-3-11-26-28(16-20)34(56)52(2)33(26)55;20-18(21,22)17(19(23,24)25,7-1-3-9-11(5-7)15(28)30-13(9)26)8-2-4-10-12(6-8)16(29)31-14(10)27;20-11-1-7-16(15(21)9-11)25-23-12-2-4-13(5-3-12)24-26-19-22-17-8-6-14(27(28)29)10-18(17)30-19;1-2-3-1/h3-18H,1-2H3;1-6H;1-10H,20-21H2;1-3H2. The van der Waals surface area contributed by atoms with Crippen molar-refractivity contribution in [2.24, 2.45) is 40.9 Å². The molecular weight excluding hydrogens is 1710 g/mol. The summed E-state index contributed by atoms with van der Waals surface area (Å²) in [4.78, 5) is 129. The second-order valence-corrected chi connectivity index (χ2v) is 29.5. The number of carbonyl (C=O) groups is 8. The van der Waals surface area contributed by atoms with Crippen LogP contribution in [0.1, 0.15) is 130 Å². The number of nitrogens with zero attached hydrogens (tertiary/aromatic N) is 14. The van der Waals surface area contributed by atoms with Crippen LogP contribution in [0.15, 0.2) is 235 Å². The molecule has 6 heterocycles. The summed E-state index contributed by atoms with van der Waals surface area (Å²) >= 11 is 2.36. The number of carbonyl (C=O) groups excluding carboxylic acids is 8. The number of imide groups is 2. The van der Waals surface area contributed by atoms with Gasteiger partial charge in [-0.25, -0.2) is 34.0 Å². The Balaban J connectivity index is 0.000000165. The Kier molecular flexibility index (Phi) is 22.5. The van der Waals surface area contributed by atoms with Gasteiger partial charge in [0.1, 0.15) is 5.69 Å². The molecule has 1 aliphatic carbocycles. The van der Waals surface area contributed by atoms with Crippen molar-refractivity contribution in [2.75, 3.05) is 23.4 Å². The molecule has 17 rings (SSSR count). The van der Waals surface area contributed by atoms with Gasteiger partial charge in [-0.2, -0.15) is 68.0 Å². The van der Waals surface area contributed by atoms with Crippen LogP contribution >= 0.6 is 22.7 Å². The van der Waals surface area contributed by atoms with E-state index in [1.165, 1.54) is 79.1 Å². The lowest BCUT2D eigenvalue weighted by Crippen LogP contribution is -2.55. The molecule has 5 aliphatic rings. The molecule has 12 aromatic rings. The SMILES string of the molecule is C1CC1.Cc1cc(N2C(=O)c3ccc(C(c4ccc5c(c4)C(=O)N(C)C5=O)(C(F)(F)F)C(F)(F)F)cc3C2=O)ccc1N=Nc1ccc(N=Nc2nc3ccc([N+](=O)[O-])cc3s2)cc1.Nc1ccc(N=Nc2ccc(N=Nc3nc4ccc([N+](=O)[O-])cc4s3)cc2)c(N)c1.O=C1OC(=O)c2cc(C(c3ccc4c(c3)C(=O)OC4=O)(C(F)(F)F)C(F)(F)F)ccc21. The monoisotopic (exact) mass is 1760 g/mol. The lowest BCUT2D eigenvalue weighted by atomic mass is 9.71. The maximum absolute atomic E-state index is 15.0. The molecule has 44 heteroatoms. The number of azo groups is 4. The number of nitro groups is 2. The van der Waals surface area contributed by atoms with E-state index in [0.717, 1.165) is 18.4 Å². The molecule has 125 heavy (non-hydrogen) atoms. The van der Waals surface area contributed by atoms with Crippen LogP contribution < -0.4 is 16.4 Å². The van der Waals surface area contributed by atoms with E-state index in [9.17, 15) is 84.9 Å². The van der Waals surface area contributed by atoms with Crippen LogP contribution in [0.5, 0.6) is 0 Å². The van der Waals surface area contributed by atoms with E-state index in [0.29, 0.717) is 147 Å². The average molecular weight is 1760 g/mol. The number of anilines is 3. The third-order valence-corrected chi connectivity index (χ3v) is 21.2. The van der Waals surface area contributed by atoms with Crippen molar-refractivity contribution in [1.82, 2.24) is 14.9 Å². The summed E-state index contributed by atoms with van der Waals surface area (Å²) in [6.45, 7) is 1.57. The highest BCUT2D eigenvalue weighted by molar-refractivity contribution is 7.22. The first-order valence-electron chi connectivity index (χ1n) is 35.9. The largest absolute Gasteiger partial charge is 0.411 e. The van der Waals surface area contributed by atoms with Crippen molar-refractivity contribution >= 4 is 163 Å². The van der Waals surface area contributed by atoms with Gasteiger partial charge in [0.2, 0.25) is 21.1 Å². The predicted molar refractivity (Wildman–Crippen MR) is 421 cm³/mol. The number of cyclic esters (lactones) is 4. The summed E-state index contributed by atoms with van der Waals surface area (Å²) in [5.74, 6) is -9.41. The van der Waals surface area contributed by atoms with Crippen LogP contribution in [0, 0.1) is 27.2 Å². The fraction of sp³-hybridized carbons (Fsp3) is 0.136. The van der Waals surface area contributed by atoms with Crippen molar-refractivity contribution in [1.29, 1.82) is 0 Å². The molecule has 0 radical (unpaired) electrons. The summed E-state index contributed by atoms with van der Waals surface area (Å²) in [6.07, 6.45) is -19.7. The Morgan fingerprint density at radius 1 is 0.384 bits per heavy atom. The molecule has 4 aliphatic heterocycles. The molecule has 632 valence electrons. The van der Waals surface area contributed by atoms with Gasteiger partial charge >= 0.3 is 48.6 Å². The second-order valence-electron chi connectivity index (χ2n) is 27.5. The molecule has 10 aromatic carbocycles. The number of aryl methyl sites for hydroxylation is 1. The Morgan fingerprint density at radius 2 is 0.728 bits per heavy atom. The maximum atomic E-state index is 15.0. The molecule has 1 saturated carbocycles. The molecule has 4 amide bonds. The van der Waals surface area contributed by atoms with E-state index in [1.807, 2.05) is 0 Å². The van der Waals surface area contributed by atoms with Gasteiger partial charge in [0.15, 0.2) is 0 Å². The van der Waals surface area contributed by atoms with Crippen molar-refractivity contribution < 1.29 is 110 Å². The predicted octanol–water partition coefficient (Wildman–Crippen LogP) is 21.9. The zero-order valence-electron chi connectivity index (χ0n) is 63.1. The maximum Gasteiger partial charge on any atom is 0.411 e. The molecule has 0 saturated heterocycles. The lowest BCUT2D eigenvalue weighted by Gasteiger charge is -2.38. The minimum absolute atomic E-state index is 0.0140.